The molecule has 3 aromatic carbocycles. The van der Waals surface area contributed by atoms with Crippen LogP contribution in [0.3, 0.4) is 0 Å². The lowest BCUT2D eigenvalue weighted by molar-refractivity contribution is -0.140. The highest BCUT2D eigenvalue weighted by Crippen LogP contribution is 2.26. The lowest BCUT2D eigenvalue weighted by Gasteiger charge is -2.33. The van der Waals surface area contributed by atoms with Crippen LogP contribution in [0.1, 0.15) is 18.9 Å². The average molecular weight is 532 g/mol. The molecule has 0 saturated carbocycles. The van der Waals surface area contributed by atoms with Gasteiger partial charge in [0.1, 0.15) is 18.4 Å². The van der Waals surface area contributed by atoms with Crippen LogP contribution < -0.4 is 9.62 Å². The van der Waals surface area contributed by atoms with Gasteiger partial charge in [-0.2, -0.15) is 0 Å². The first-order chi connectivity index (χ1) is 17.2. The van der Waals surface area contributed by atoms with Gasteiger partial charge in [-0.05, 0) is 54.4 Å². The Bertz CT molecular complexity index is 1300. The molecule has 0 heterocycles. The van der Waals surface area contributed by atoms with Gasteiger partial charge in [-0.15, -0.1) is 0 Å². The molecule has 0 spiro atoms. The number of anilines is 1. The number of rotatable bonds is 10. The molecule has 0 bridgehead atoms. The molecule has 0 fully saturated rings. The second-order valence-corrected chi connectivity index (χ2v) is 10.2. The summed E-state index contributed by atoms with van der Waals surface area (Å²) in [6.07, 6.45) is 0.290. The fourth-order valence-corrected chi connectivity index (χ4v) is 5.38. The van der Waals surface area contributed by atoms with Crippen LogP contribution in [0.4, 0.5) is 10.1 Å². The molecule has 1 unspecified atom stereocenters. The van der Waals surface area contributed by atoms with E-state index in [9.17, 15) is 22.4 Å². The molecule has 190 valence electrons. The highest BCUT2D eigenvalue weighted by Gasteiger charge is 2.33. The molecule has 2 amide bonds. The Morgan fingerprint density at radius 1 is 0.972 bits per heavy atom. The van der Waals surface area contributed by atoms with Crippen molar-refractivity contribution in [2.75, 3.05) is 17.9 Å². The monoisotopic (exact) mass is 531 g/mol. The van der Waals surface area contributed by atoms with Crippen LogP contribution in [0.2, 0.25) is 5.02 Å². The third-order valence-electron chi connectivity index (χ3n) is 5.66. The van der Waals surface area contributed by atoms with Crippen molar-refractivity contribution in [3.63, 3.8) is 0 Å². The second kappa shape index (κ2) is 12.0. The number of sulfonamides is 1. The second-order valence-electron chi connectivity index (χ2n) is 7.95. The molecule has 7 nitrogen and oxygen atoms in total. The average Bonchev–Trinajstić information content (AvgIpc) is 2.89. The molecular formula is C26H27ClFN3O4S. The van der Waals surface area contributed by atoms with Gasteiger partial charge in [0.05, 0.1) is 10.6 Å². The number of amides is 2. The molecule has 0 aromatic heterocycles. The Balaban J connectivity index is 2.05. The number of carbonyl (C=O) groups excluding carboxylic acids is 2. The number of hydrogen-bond donors (Lipinski definition) is 1. The van der Waals surface area contributed by atoms with Crippen LogP contribution in [0.5, 0.6) is 0 Å². The number of benzene rings is 3. The van der Waals surface area contributed by atoms with Gasteiger partial charge in [0.25, 0.3) is 10.0 Å². The van der Waals surface area contributed by atoms with E-state index < -0.39 is 40.2 Å². The molecule has 0 aliphatic carbocycles. The van der Waals surface area contributed by atoms with E-state index in [4.69, 9.17) is 11.6 Å². The predicted molar refractivity (Wildman–Crippen MR) is 138 cm³/mol. The lowest BCUT2D eigenvalue weighted by Crippen LogP contribution is -2.51. The summed E-state index contributed by atoms with van der Waals surface area (Å²) in [5.74, 6) is -1.56. The van der Waals surface area contributed by atoms with Crippen molar-refractivity contribution in [2.24, 2.45) is 0 Å². The van der Waals surface area contributed by atoms with Gasteiger partial charge in [0.15, 0.2) is 0 Å². The molecular weight excluding hydrogens is 505 g/mol. The SMILES string of the molecule is CCC(C(=O)NC)N(Cc1ccccc1Cl)C(=O)CN(c1ccc(F)cc1)S(=O)(=O)c1ccccc1. The zero-order chi connectivity index (χ0) is 26.3. The van der Waals surface area contributed by atoms with Gasteiger partial charge in [-0.1, -0.05) is 54.9 Å². The maximum atomic E-state index is 13.7. The third kappa shape index (κ3) is 6.22. The van der Waals surface area contributed by atoms with Crippen molar-refractivity contribution >= 4 is 39.1 Å². The maximum Gasteiger partial charge on any atom is 0.264 e. The lowest BCUT2D eigenvalue weighted by atomic mass is 10.1. The highest BCUT2D eigenvalue weighted by molar-refractivity contribution is 7.92. The van der Waals surface area contributed by atoms with E-state index in [0.717, 1.165) is 16.4 Å². The number of carbonyl (C=O) groups is 2. The zero-order valence-electron chi connectivity index (χ0n) is 19.9. The van der Waals surface area contributed by atoms with Crippen LogP contribution in [0.15, 0.2) is 83.8 Å². The molecule has 0 aliphatic rings. The smallest absolute Gasteiger partial charge is 0.264 e. The Morgan fingerprint density at radius 2 is 1.58 bits per heavy atom. The fourth-order valence-electron chi connectivity index (χ4n) is 3.75. The Labute approximate surface area is 215 Å². The van der Waals surface area contributed by atoms with Gasteiger partial charge >= 0.3 is 0 Å². The molecule has 1 atom stereocenters. The summed E-state index contributed by atoms with van der Waals surface area (Å²) in [7, 11) is -2.73. The van der Waals surface area contributed by atoms with E-state index in [2.05, 4.69) is 5.32 Å². The van der Waals surface area contributed by atoms with E-state index in [-0.39, 0.29) is 23.5 Å². The van der Waals surface area contributed by atoms with Crippen molar-refractivity contribution in [1.29, 1.82) is 0 Å². The first-order valence-corrected chi connectivity index (χ1v) is 13.1. The third-order valence-corrected chi connectivity index (χ3v) is 7.81. The van der Waals surface area contributed by atoms with Gasteiger partial charge in [-0.3, -0.25) is 13.9 Å². The van der Waals surface area contributed by atoms with E-state index in [1.807, 2.05) is 0 Å². The van der Waals surface area contributed by atoms with E-state index >= 15 is 0 Å². The van der Waals surface area contributed by atoms with Crippen LogP contribution in [-0.4, -0.2) is 44.8 Å². The normalized spacial score (nSPS) is 12.0. The van der Waals surface area contributed by atoms with E-state index in [0.29, 0.717) is 10.6 Å². The van der Waals surface area contributed by atoms with Crippen LogP contribution in [-0.2, 0) is 26.2 Å². The maximum absolute atomic E-state index is 13.7. The summed E-state index contributed by atoms with van der Waals surface area (Å²) in [5, 5.41) is 2.97. The van der Waals surface area contributed by atoms with Gasteiger partial charge in [-0.25, -0.2) is 12.8 Å². The number of likely N-dealkylation sites (N-methyl/N-ethyl adjacent to an activating group) is 1. The Morgan fingerprint density at radius 3 is 2.17 bits per heavy atom. The van der Waals surface area contributed by atoms with Crippen LogP contribution >= 0.6 is 11.6 Å². The van der Waals surface area contributed by atoms with Crippen molar-refractivity contribution in [1.82, 2.24) is 10.2 Å². The number of nitrogens with one attached hydrogen (secondary N) is 1. The molecule has 36 heavy (non-hydrogen) atoms. The summed E-state index contributed by atoms with van der Waals surface area (Å²) >= 11 is 6.32. The summed E-state index contributed by atoms with van der Waals surface area (Å²) in [5.41, 5.74) is 0.716. The topological polar surface area (TPSA) is 86.8 Å². The van der Waals surface area contributed by atoms with E-state index in [1.54, 1.807) is 49.4 Å². The van der Waals surface area contributed by atoms with Gasteiger partial charge in [0.2, 0.25) is 11.8 Å². The van der Waals surface area contributed by atoms with Crippen LogP contribution in [0.25, 0.3) is 0 Å². The molecule has 0 aliphatic heterocycles. The first kappa shape index (κ1) is 27.2. The van der Waals surface area contributed by atoms with E-state index in [1.165, 1.54) is 36.2 Å². The van der Waals surface area contributed by atoms with Crippen molar-refractivity contribution < 1.29 is 22.4 Å². The minimum absolute atomic E-state index is 0.00687. The summed E-state index contributed by atoms with van der Waals surface area (Å²) < 4.78 is 41.7. The summed E-state index contributed by atoms with van der Waals surface area (Å²) in [6.45, 7) is 1.14. The van der Waals surface area contributed by atoms with Gasteiger partial charge < -0.3 is 10.2 Å². The molecule has 0 radical (unpaired) electrons. The molecule has 1 N–H and O–H groups in total. The number of halogens is 2. The molecule has 3 rings (SSSR count). The Kier molecular flexibility index (Phi) is 9.06. The quantitative estimate of drug-likeness (QED) is 0.424. The predicted octanol–water partition coefficient (Wildman–Crippen LogP) is 4.23. The molecule has 0 saturated heterocycles. The van der Waals surface area contributed by atoms with Crippen molar-refractivity contribution in [3.8, 4) is 0 Å². The largest absolute Gasteiger partial charge is 0.357 e. The summed E-state index contributed by atoms with van der Waals surface area (Å²) in [6, 6.07) is 18.5. The standard InChI is InChI=1S/C26H27ClFN3O4S/c1-3-24(26(33)29-2)30(17-19-9-7-8-12-23(19)27)25(32)18-31(21-15-13-20(28)14-16-21)36(34,35)22-10-5-4-6-11-22/h4-16,24H,3,17-18H2,1-2H3,(H,29,33). The fraction of sp³-hybridized carbons (Fsp3) is 0.231. The minimum Gasteiger partial charge on any atom is -0.357 e. The molecule has 3 aromatic rings. The number of nitrogens with zero attached hydrogens (tertiary/aromatic N) is 2. The van der Waals surface area contributed by atoms with Crippen LogP contribution in [0, 0.1) is 5.82 Å². The van der Waals surface area contributed by atoms with Crippen molar-refractivity contribution in [3.05, 3.63) is 95.3 Å². The Hall–Kier alpha value is -3.43. The number of hydrogen-bond acceptors (Lipinski definition) is 4. The zero-order valence-corrected chi connectivity index (χ0v) is 21.5. The van der Waals surface area contributed by atoms with Crippen molar-refractivity contribution in [2.45, 2.75) is 30.8 Å². The minimum atomic E-state index is -4.20. The molecule has 10 heteroatoms. The summed E-state index contributed by atoms with van der Waals surface area (Å²) in [4.78, 5) is 27.7. The first-order valence-electron chi connectivity index (χ1n) is 11.3. The van der Waals surface area contributed by atoms with Gasteiger partial charge in [0, 0.05) is 18.6 Å². The highest BCUT2D eigenvalue weighted by atomic mass is 35.5.